The minimum Gasteiger partial charge on any atom is -0.391 e. The van der Waals surface area contributed by atoms with Crippen LogP contribution in [0.15, 0.2) is 0 Å². The molecular weight excluding hydrogens is 224 g/mol. The Labute approximate surface area is 99.9 Å². The molecule has 2 heterocycles. The lowest BCUT2D eigenvalue weighted by atomic mass is 9.90. The van der Waals surface area contributed by atoms with Gasteiger partial charge in [-0.25, -0.2) is 4.79 Å². The fourth-order valence-electron chi connectivity index (χ4n) is 2.29. The zero-order valence-corrected chi connectivity index (χ0v) is 10.1. The minimum absolute atomic E-state index is 0.237. The Morgan fingerprint density at radius 2 is 1.94 bits per heavy atom. The lowest BCUT2D eigenvalue weighted by molar-refractivity contribution is -0.137. The van der Waals surface area contributed by atoms with E-state index < -0.39 is 23.7 Å². The molecule has 2 N–H and O–H groups in total. The van der Waals surface area contributed by atoms with Gasteiger partial charge in [-0.05, 0) is 13.8 Å². The molecule has 0 saturated carbocycles. The number of imide groups is 1. The van der Waals surface area contributed by atoms with Crippen LogP contribution in [0.2, 0.25) is 0 Å². The summed E-state index contributed by atoms with van der Waals surface area (Å²) in [5.74, 6) is -0.237. The Balaban J connectivity index is 2.21. The molecule has 0 bridgehead atoms. The van der Waals surface area contributed by atoms with Gasteiger partial charge in [0.15, 0.2) is 0 Å². The monoisotopic (exact) mass is 242 g/mol. The highest BCUT2D eigenvalue weighted by molar-refractivity contribution is 6.07. The van der Waals surface area contributed by atoms with Crippen LogP contribution in [0.3, 0.4) is 0 Å². The van der Waals surface area contributed by atoms with Gasteiger partial charge < -0.3 is 15.2 Å². The molecule has 17 heavy (non-hydrogen) atoms. The van der Waals surface area contributed by atoms with Crippen LogP contribution in [0.5, 0.6) is 0 Å². The quantitative estimate of drug-likeness (QED) is 0.660. The number of carbonyl (C=O) groups excluding carboxylic acids is 2. The largest absolute Gasteiger partial charge is 0.391 e. The molecule has 2 aliphatic heterocycles. The number of urea groups is 1. The maximum absolute atomic E-state index is 12.3. The van der Waals surface area contributed by atoms with E-state index in [1.807, 2.05) is 0 Å². The van der Waals surface area contributed by atoms with Gasteiger partial charge in [0, 0.05) is 26.1 Å². The molecule has 2 aliphatic rings. The predicted octanol–water partition coefficient (Wildman–Crippen LogP) is -0.143. The third-order valence-electron chi connectivity index (χ3n) is 3.64. The number of amides is 3. The SMILES string of the molecule is CC(O)C(C)N1C(=O)NC2(CCOCC2)C1=O. The standard InChI is InChI=1S/C11H18N2O4/c1-7(8(2)14)13-9(15)11(12-10(13)16)3-5-17-6-4-11/h7-8,14H,3-6H2,1-2H3,(H,12,16). The van der Waals surface area contributed by atoms with Gasteiger partial charge >= 0.3 is 6.03 Å². The first-order valence-electron chi connectivity index (χ1n) is 5.89. The number of aliphatic hydroxyl groups excluding tert-OH is 1. The van der Waals surface area contributed by atoms with Crippen molar-refractivity contribution in [2.24, 2.45) is 0 Å². The van der Waals surface area contributed by atoms with Gasteiger partial charge in [0.1, 0.15) is 5.54 Å². The van der Waals surface area contributed by atoms with Crippen LogP contribution in [-0.4, -0.2) is 52.8 Å². The molecule has 96 valence electrons. The van der Waals surface area contributed by atoms with Crippen LogP contribution >= 0.6 is 0 Å². The van der Waals surface area contributed by atoms with Crippen molar-refractivity contribution < 1.29 is 19.4 Å². The van der Waals surface area contributed by atoms with Crippen LogP contribution in [0, 0.1) is 0 Å². The Morgan fingerprint density at radius 3 is 2.47 bits per heavy atom. The highest BCUT2D eigenvalue weighted by Gasteiger charge is 2.53. The molecule has 6 nitrogen and oxygen atoms in total. The molecular formula is C11H18N2O4. The summed E-state index contributed by atoms with van der Waals surface area (Å²) < 4.78 is 5.21. The molecule has 0 aromatic heterocycles. The number of nitrogens with one attached hydrogen (secondary N) is 1. The number of nitrogens with zero attached hydrogens (tertiary/aromatic N) is 1. The van der Waals surface area contributed by atoms with Crippen molar-refractivity contribution in [1.29, 1.82) is 0 Å². The summed E-state index contributed by atoms with van der Waals surface area (Å²) in [5.41, 5.74) is -0.807. The number of aliphatic hydroxyl groups is 1. The molecule has 2 unspecified atom stereocenters. The van der Waals surface area contributed by atoms with Gasteiger partial charge in [-0.3, -0.25) is 9.69 Å². The van der Waals surface area contributed by atoms with Crippen molar-refractivity contribution in [1.82, 2.24) is 10.2 Å². The summed E-state index contributed by atoms with van der Waals surface area (Å²) in [6.07, 6.45) is 0.265. The number of hydrogen-bond donors (Lipinski definition) is 2. The summed E-state index contributed by atoms with van der Waals surface area (Å²) in [5, 5.41) is 12.3. The van der Waals surface area contributed by atoms with Gasteiger partial charge in [0.2, 0.25) is 0 Å². The second kappa shape index (κ2) is 4.27. The first kappa shape index (κ1) is 12.3. The van der Waals surface area contributed by atoms with Crippen LogP contribution in [0.4, 0.5) is 4.79 Å². The predicted molar refractivity (Wildman–Crippen MR) is 59.3 cm³/mol. The van der Waals surface area contributed by atoms with Crippen molar-refractivity contribution in [2.45, 2.75) is 44.4 Å². The van der Waals surface area contributed by atoms with Crippen molar-refractivity contribution in [3.63, 3.8) is 0 Å². The maximum Gasteiger partial charge on any atom is 0.325 e. The van der Waals surface area contributed by atoms with E-state index in [2.05, 4.69) is 5.32 Å². The molecule has 3 amide bonds. The van der Waals surface area contributed by atoms with E-state index in [9.17, 15) is 14.7 Å². The van der Waals surface area contributed by atoms with E-state index in [1.54, 1.807) is 13.8 Å². The Kier molecular flexibility index (Phi) is 3.09. The van der Waals surface area contributed by atoms with E-state index >= 15 is 0 Å². The van der Waals surface area contributed by atoms with Crippen molar-refractivity contribution in [3.8, 4) is 0 Å². The lowest BCUT2D eigenvalue weighted by Crippen LogP contribution is -2.52. The minimum atomic E-state index is -0.807. The third kappa shape index (κ3) is 1.91. The number of ether oxygens (including phenoxy) is 1. The van der Waals surface area contributed by atoms with Gasteiger partial charge in [-0.2, -0.15) is 0 Å². The second-order valence-corrected chi connectivity index (χ2v) is 4.78. The third-order valence-corrected chi connectivity index (χ3v) is 3.64. The molecule has 2 saturated heterocycles. The lowest BCUT2D eigenvalue weighted by Gasteiger charge is -2.31. The van der Waals surface area contributed by atoms with Crippen molar-refractivity contribution >= 4 is 11.9 Å². The van der Waals surface area contributed by atoms with Gasteiger partial charge in [-0.1, -0.05) is 0 Å². The Hall–Kier alpha value is -1.14. The smallest absolute Gasteiger partial charge is 0.325 e. The zero-order valence-electron chi connectivity index (χ0n) is 10.1. The van der Waals surface area contributed by atoms with Crippen LogP contribution in [0.25, 0.3) is 0 Å². The molecule has 2 rings (SSSR count). The van der Waals surface area contributed by atoms with E-state index in [-0.39, 0.29) is 5.91 Å². The highest BCUT2D eigenvalue weighted by Crippen LogP contribution is 2.29. The summed E-state index contributed by atoms with van der Waals surface area (Å²) in [7, 11) is 0. The number of hydrogen-bond acceptors (Lipinski definition) is 4. The Morgan fingerprint density at radius 1 is 1.35 bits per heavy atom. The molecule has 6 heteroatoms. The first-order valence-corrected chi connectivity index (χ1v) is 5.89. The molecule has 2 atom stereocenters. The van der Waals surface area contributed by atoms with E-state index in [0.29, 0.717) is 26.1 Å². The summed E-state index contributed by atoms with van der Waals surface area (Å²) in [6.45, 7) is 4.19. The van der Waals surface area contributed by atoms with Crippen LogP contribution < -0.4 is 5.32 Å². The number of rotatable bonds is 2. The normalized spacial score (nSPS) is 27.1. The fourth-order valence-corrected chi connectivity index (χ4v) is 2.29. The fraction of sp³-hybridized carbons (Fsp3) is 0.818. The average Bonchev–Trinajstić information content (AvgIpc) is 2.51. The Bertz CT molecular complexity index is 336. The van der Waals surface area contributed by atoms with Crippen molar-refractivity contribution in [3.05, 3.63) is 0 Å². The van der Waals surface area contributed by atoms with E-state index in [0.717, 1.165) is 4.90 Å². The molecule has 0 aromatic rings. The first-order chi connectivity index (χ1) is 7.98. The average molecular weight is 242 g/mol. The van der Waals surface area contributed by atoms with Gasteiger partial charge in [0.05, 0.1) is 12.1 Å². The highest BCUT2D eigenvalue weighted by atomic mass is 16.5. The summed E-state index contributed by atoms with van der Waals surface area (Å²) >= 11 is 0. The van der Waals surface area contributed by atoms with Crippen molar-refractivity contribution in [2.75, 3.05) is 13.2 Å². The molecule has 0 radical (unpaired) electrons. The van der Waals surface area contributed by atoms with Gasteiger partial charge in [0.25, 0.3) is 5.91 Å². The summed E-state index contributed by atoms with van der Waals surface area (Å²) in [4.78, 5) is 25.3. The second-order valence-electron chi connectivity index (χ2n) is 4.78. The molecule has 0 aliphatic carbocycles. The topological polar surface area (TPSA) is 78.9 Å². The molecule has 0 aromatic carbocycles. The molecule has 1 spiro atoms. The number of carbonyl (C=O) groups is 2. The van der Waals surface area contributed by atoms with Crippen LogP contribution in [-0.2, 0) is 9.53 Å². The zero-order chi connectivity index (χ0) is 12.6. The molecule has 2 fully saturated rings. The van der Waals surface area contributed by atoms with E-state index in [4.69, 9.17) is 4.74 Å². The maximum atomic E-state index is 12.3. The van der Waals surface area contributed by atoms with Gasteiger partial charge in [-0.15, -0.1) is 0 Å². The van der Waals surface area contributed by atoms with E-state index in [1.165, 1.54) is 0 Å². The van der Waals surface area contributed by atoms with Crippen LogP contribution in [0.1, 0.15) is 26.7 Å². The summed E-state index contributed by atoms with van der Waals surface area (Å²) in [6, 6.07) is -0.921.